The van der Waals surface area contributed by atoms with Crippen LogP contribution in [-0.2, 0) is 9.53 Å². The van der Waals surface area contributed by atoms with E-state index in [0.717, 1.165) is 46.0 Å². The van der Waals surface area contributed by atoms with Crippen LogP contribution >= 0.6 is 11.8 Å². The summed E-state index contributed by atoms with van der Waals surface area (Å²) in [4.78, 5) is 11.8. The van der Waals surface area contributed by atoms with E-state index in [1.54, 1.807) is 68.6 Å². The lowest BCUT2D eigenvalue weighted by Crippen LogP contribution is -2.57. The van der Waals surface area contributed by atoms with Gasteiger partial charge < -0.3 is 42.7 Å². The van der Waals surface area contributed by atoms with Gasteiger partial charge in [0.05, 0.1) is 42.7 Å². The monoisotopic (exact) mass is 1670 g/mol. The molecule has 25 heteroatoms. The number of aryl methyl sites for hydroxylation is 2. The highest BCUT2D eigenvalue weighted by atomic mass is 32.2. The van der Waals surface area contributed by atoms with Crippen molar-refractivity contribution in [3.63, 3.8) is 0 Å². The lowest BCUT2D eigenvalue weighted by atomic mass is 9.92. The molecule has 8 rings (SSSR count). The zero-order chi connectivity index (χ0) is 88.7. The Kier molecular flexibility index (Phi) is 58.7. The molecule has 8 aromatic carbocycles. The summed E-state index contributed by atoms with van der Waals surface area (Å²) in [5.41, 5.74) is -0.466. The molecule has 634 valence electrons. The maximum absolute atomic E-state index is 11.7. The molecule has 0 heterocycles. The second-order valence-electron chi connectivity index (χ2n) is 29.1. The van der Waals surface area contributed by atoms with Gasteiger partial charge in [-0.15, -0.1) is 11.8 Å². The predicted molar refractivity (Wildman–Crippen MR) is 455 cm³/mol. The second-order valence-corrected chi connectivity index (χ2v) is 45.0. The summed E-state index contributed by atoms with van der Waals surface area (Å²) >= 11 is 1.71. The van der Waals surface area contributed by atoms with Gasteiger partial charge >= 0.3 is 24.0 Å². The van der Waals surface area contributed by atoms with Crippen molar-refractivity contribution >= 4 is 52.1 Å². The van der Waals surface area contributed by atoms with E-state index in [1.807, 2.05) is 135 Å². The Balaban J connectivity index is -0.000000386. The molecule has 0 radical (unpaired) electrons. The number of rotatable bonds is 12. The fourth-order valence-electron chi connectivity index (χ4n) is 6.39. The topological polar surface area (TPSA) is 90.9 Å². The molecule has 0 atom stereocenters. The van der Waals surface area contributed by atoms with Gasteiger partial charge in [-0.25, -0.2) is 0 Å². The van der Waals surface area contributed by atoms with Crippen LogP contribution in [0.1, 0.15) is 101 Å². The highest BCUT2D eigenvalue weighted by Gasteiger charge is 2.67. The molecule has 0 spiro atoms. The minimum Gasteiger partial charge on any atom is -0.497 e. The molecule has 0 aromatic heterocycles. The first-order valence-electron chi connectivity index (χ1n) is 35.7. The number of halogens is 12. The van der Waals surface area contributed by atoms with E-state index < -0.39 is 53.6 Å². The van der Waals surface area contributed by atoms with Crippen LogP contribution in [0.25, 0.3) is 0 Å². The quantitative estimate of drug-likeness (QED) is 0.0669. The van der Waals surface area contributed by atoms with E-state index in [9.17, 15) is 57.5 Å². The van der Waals surface area contributed by atoms with E-state index in [0.29, 0.717) is 5.41 Å². The fraction of sp³-hybridized carbons (Fsp3) is 0.420. The lowest BCUT2D eigenvalue weighted by Gasteiger charge is -2.29. The van der Waals surface area contributed by atoms with Crippen molar-refractivity contribution in [2.24, 2.45) is 10.8 Å². The van der Waals surface area contributed by atoms with Crippen LogP contribution < -0.4 is 43.5 Å². The molecule has 0 saturated carbocycles. The van der Waals surface area contributed by atoms with Gasteiger partial charge in [-0.1, -0.05) is 219 Å². The summed E-state index contributed by atoms with van der Waals surface area (Å²) in [7, 11) is 5.98. The number of alkyl halides is 12. The van der Waals surface area contributed by atoms with E-state index in [4.69, 9.17) is 33.2 Å². The molecule has 0 amide bonds. The van der Waals surface area contributed by atoms with Crippen molar-refractivity contribution in [3.05, 3.63) is 217 Å². The molecular formula is C88H126F12O9SSi3. The van der Waals surface area contributed by atoms with Crippen LogP contribution in [0, 0.1) is 36.5 Å². The predicted octanol–water partition coefficient (Wildman–Crippen LogP) is 27.2. The Morgan fingerprint density at radius 3 is 0.681 bits per heavy atom. The first-order valence-corrected chi connectivity index (χ1v) is 46.5. The van der Waals surface area contributed by atoms with Gasteiger partial charge in [0.25, 0.3) is 8.07 Å². The maximum atomic E-state index is 11.7. The highest BCUT2D eigenvalue weighted by Crippen LogP contribution is 2.49. The third-order valence-electron chi connectivity index (χ3n) is 13.3. The lowest BCUT2D eigenvalue weighted by molar-refractivity contribution is -0.327. The zero-order valence-corrected chi connectivity index (χ0v) is 75.8. The first-order chi connectivity index (χ1) is 52.0. The van der Waals surface area contributed by atoms with Crippen molar-refractivity contribution in [1.82, 2.24) is 0 Å². The Hall–Kier alpha value is -8.29. The van der Waals surface area contributed by atoms with Crippen molar-refractivity contribution in [1.29, 1.82) is 0 Å². The van der Waals surface area contributed by atoms with E-state index in [1.165, 1.54) is 51.6 Å². The van der Waals surface area contributed by atoms with Gasteiger partial charge in [-0.05, 0) is 182 Å². The van der Waals surface area contributed by atoms with Gasteiger partial charge in [0.15, 0.2) is 5.41 Å². The normalized spacial score (nSPS) is 10.6. The number of carbonyl (C=O) groups excluding carboxylic acids is 1. The third kappa shape index (κ3) is 57.4. The summed E-state index contributed by atoms with van der Waals surface area (Å²) in [6, 6.07) is 68.6. The molecule has 0 N–H and O–H groups in total. The third-order valence-corrected chi connectivity index (χ3v) is 20.7. The molecule has 0 fully saturated rings. The maximum Gasteiger partial charge on any atom is 0.402 e. The molecule has 0 aliphatic rings. The number of benzene rings is 8. The Labute approximate surface area is 676 Å². The zero-order valence-electron chi connectivity index (χ0n) is 72.0. The van der Waals surface area contributed by atoms with Gasteiger partial charge in [0, 0.05) is 32.1 Å². The average molecular weight is 1670 g/mol. The first kappa shape index (κ1) is 113. The SMILES string of the molecule is CC#CC.CC(C)(C(F)(F)F)C(F)(F)F.CC(C)(C)C.CC(C)=O.CCC.COC.COc1ccc(OC)cc1.COc1ccc(Oc2ccc(OC)cc2)cc1.COc1ccc(Sc2ccc(OC)cc2)cc1.C[Si](C)(C(F)(F)F)C(F)(F)F.C[Si](C)(C)C.C[Si](C)(c1ccccc1)c1ccccc1.Cc1ccc(C)cc1. The number of Topliss-reactive ketones (excluding diaryl/α,β-unsaturated/α-hetero) is 1. The average Bonchev–Trinajstić information content (AvgIpc) is 0.873. The molecule has 0 saturated heterocycles. The number of carbonyl (C=O) groups is 1. The van der Waals surface area contributed by atoms with Crippen LogP contribution in [0.5, 0.6) is 46.0 Å². The molecule has 8 aromatic rings. The van der Waals surface area contributed by atoms with Gasteiger partial charge in [-0.3, -0.25) is 0 Å². The number of methoxy groups -OCH3 is 7. The van der Waals surface area contributed by atoms with Crippen LogP contribution in [0.3, 0.4) is 0 Å². The Morgan fingerprint density at radius 1 is 0.363 bits per heavy atom. The number of hydrogen-bond donors (Lipinski definition) is 0. The van der Waals surface area contributed by atoms with Crippen LogP contribution in [0.2, 0.25) is 52.4 Å². The van der Waals surface area contributed by atoms with E-state index in [-0.39, 0.29) is 32.7 Å². The molecule has 0 aliphatic heterocycles. The number of ether oxygens (including phenoxy) is 8. The highest BCUT2D eigenvalue weighted by molar-refractivity contribution is 7.99. The van der Waals surface area contributed by atoms with Crippen molar-refractivity contribution in [3.8, 4) is 57.8 Å². The van der Waals surface area contributed by atoms with Gasteiger partial charge in [0.2, 0.25) is 0 Å². The van der Waals surface area contributed by atoms with E-state index in [2.05, 4.69) is 196 Å². The van der Waals surface area contributed by atoms with Crippen LogP contribution in [0.15, 0.2) is 216 Å². The van der Waals surface area contributed by atoms with Crippen molar-refractivity contribution < 1.29 is 95.4 Å². The summed E-state index contributed by atoms with van der Waals surface area (Å²) in [6.45, 7) is 38.7. The van der Waals surface area contributed by atoms with E-state index >= 15 is 0 Å². The molecule has 9 nitrogen and oxygen atoms in total. The van der Waals surface area contributed by atoms with Crippen molar-refractivity contribution in [2.75, 3.05) is 56.9 Å². The number of hydrogen-bond acceptors (Lipinski definition) is 10. The molecule has 0 aliphatic carbocycles. The summed E-state index contributed by atoms with van der Waals surface area (Å²) in [5.74, 6) is 1.94. The van der Waals surface area contributed by atoms with Gasteiger partial charge in [0.1, 0.15) is 59.9 Å². The molecular weight excluding hydrogens is 1550 g/mol. The standard InChI is InChI=1S/C14H14O3.C14H14O2S.C14H16Si.C8H10O2.C8H10.C5H6F6.C5H12.C4H6F6Si.C4H12Si.C4H6.C3H6O.C3H8.C2H6O/c2*1-15-11-3-7-13(8-4-11)17-14-9-5-12(16-2)6-10-14;1-15(2,13-9-5-3-6-10-13)14-11-7-4-8-12-14;1-9-7-3-5-8(10-2)6-4-7;1-7-3-5-8(2)6-4-7;1-3(2,4(6,7)8)5(9,10)11;1-5(2,3)4;1-11(2,3(5,6)7)4(8,9)10;1-5(2,3)4;1-3-4-2;1-3(2)4;2*1-3-2/h2*3-10H,1-2H3;3-12H,1-2H3;3-6H,1-2H3;3-6H,1-2H3;1-2H3;1-4H3;1-2H3;1-4H3;2*1-2H3;3H2,1-2H3;1-2H3. The summed E-state index contributed by atoms with van der Waals surface area (Å²) in [6.07, 6.45) is -9.24. The molecule has 0 unspecified atom stereocenters. The largest absolute Gasteiger partial charge is 0.497 e. The Morgan fingerprint density at radius 2 is 0.540 bits per heavy atom. The van der Waals surface area contributed by atoms with Crippen LogP contribution in [-0.4, -0.2) is 111 Å². The minimum atomic E-state index is -5.24. The Bertz CT molecular complexity index is 3330. The fourth-order valence-corrected chi connectivity index (χ4v) is 9.92. The smallest absolute Gasteiger partial charge is 0.402 e. The minimum absolute atomic E-state index is 0.104. The van der Waals surface area contributed by atoms with Gasteiger partial charge in [-0.2, -0.15) is 52.7 Å². The van der Waals surface area contributed by atoms with Crippen molar-refractivity contribution in [2.45, 2.75) is 189 Å². The van der Waals surface area contributed by atoms with Crippen LogP contribution in [0.4, 0.5) is 52.7 Å². The number of ketones is 1. The second kappa shape index (κ2) is 58.5. The summed E-state index contributed by atoms with van der Waals surface area (Å²) < 4.78 is 180. The molecule has 113 heavy (non-hydrogen) atoms. The molecule has 0 bridgehead atoms. The summed E-state index contributed by atoms with van der Waals surface area (Å²) in [5, 5.41) is 2.99.